The zero-order chi connectivity index (χ0) is 20.9. The lowest BCUT2D eigenvalue weighted by molar-refractivity contribution is -0.142. The minimum Gasteiger partial charge on any atom is -0.480 e. The van der Waals surface area contributed by atoms with Gasteiger partial charge in [0.15, 0.2) is 0 Å². The van der Waals surface area contributed by atoms with Crippen LogP contribution in [0.3, 0.4) is 0 Å². The molecular formula is C24H22ClNO3. The molecule has 0 aromatic heterocycles. The van der Waals surface area contributed by atoms with Crippen LogP contribution in [-0.2, 0) is 21.4 Å². The van der Waals surface area contributed by atoms with Crippen LogP contribution in [0.25, 0.3) is 0 Å². The highest BCUT2D eigenvalue weighted by molar-refractivity contribution is 6.30. The summed E-state index contributed by atoms with van der Waals surface area (Å²) in [6.07, 6.45) is 0.140. The van der Waals surface area contributed by atoms with Crippen LogP contribution in [0.1, 0.15) is 23.6 Å². The van der Waals surface area contributed by atoms with Gasteiger partial charge in [-0.1, -0.05) is 84.4 Å². The number of carboxylic acids is 1. The molecule has 0 bridgehead atoms. The van der Waals surface area contributed by atoms with Crippen LogP contribution >= 0.6 is 11.6 Å². The average Bonchev–Trinajstić information content (AvgIpc) is 2.73. The number of carboxylic acid groups (broad SMARTS) is 1. The molecule has 29 heavy (non-hydrogen) atoms. The van der Waals surface area contributed by atoms with E-state index in [1.165, 1.54) is 0 Å². The molecule has 148 valence electrons. The molecule has 4 nitrogen and oxygen atoms in total. The Hall–Kier alpha value is -3.11. The van der Waals surface area contributed by atoms with Crippen molar-refractivity contribution in [2.45, 2.75) is 24.8 Å². The second-order valence-electron chi connectivity index (χ2n) is 7.06. The van der Waals surface area contributed by atoms with Crippen LogP contribution in [0.5, 0.6) is 0 Å². The molecule has 0 fully saturated rings. The molecule has 1 amide bonds. The number of carbonyl (C=O) groups is 2. The molecule has 0 heterocycles. The molecule has 0 aliphatic heterocycles. The van der Waals surface area contributed by atoms with Crippen LogP contribution in [0.4, 0.5) is 0 Å². The molecule has 3 aromatic rings. The monoisotopic (exact) mass is 407 g/mol. The molecule has 1 atom stereocenters. The summed E-state index contributed by atoms with van der Waals surface area (Å²) in [5.41, 5.74) is 1.28. The fraction of sp³-hybridized carbons (Fsp3) is 0.167. The van der Waals surface area contributed by atoms with E-state index in [4.69, 9.17) is 11.6 Å². The second-order valence-corrected chi connectivity index (χ2v) is 7.49. The predicted octanol–water partition coefficient (Wildman–Crippen LogP) is 4.46. The number of hydrogen-bond acceptors (Lipinski definition) is 2. The van der Waals surface area contributed by atoms with Gasteiger partial charge in [-0.15, -0.1) is 0 Å². The highest BCUT2D eigenvalue weighted by atomic mass is 35.5. The largest absolute Gasteiger partial charge is 0.480 e. The molecule has 0 saturated carbocycles. The van der Waals surface area contributed by atoms with Gasteiger partial charge >= 0.3 is 5.97 Å². The van der Waals surface area contributed by atoms with Gasteiger partial charge in [-0.3, -0.25) is 4.79 Å². The van der Waals surface area contributed by atoms with Crippen molar-refractivity contribution in [2.24, 2.45) is 0 Å². The van der Waals surface area contributed by atoms with Crippen LogP contribution in [0, 0.1) is 0 Å². The van der Waals surface area contributed by atoms with Crippen LogP contribution in [0.15, 0.2) is 84.9 Å². The van der Waals surface area contributed by atoms with Crippen molar-refractivity contribution in [1.82, 2.24) is 5.32 Å². The summed E-state index contributed by atoms with van der Waals surface area (Å²) in [6.45, 7) is 1.81. The molecule has 0 saturated heterocycles. The summed E-state index contributed by atoms with van der Waals surface area (Å²) in [5, 5.41) is 13.0. The number of amides is 1. The van der Waals surface area contributed by atoms with Crippen LogP contribution in [-0.4, -0.2) is 23.0 Å². The van der Waals surface area contributed by atoms with E-state index in [0.717, 1.165) is 16.7 Å². The summed E-state index contributed by atoms with van der Waals surface area (Å²) in [5.74, 6) is -1.47. The zero-order valence-electron chi connectivity index (χ0n) is 16.0. The molecule has 0 radical (unpaired) electrons. The van der Waals surface area contributed by atoms with E-state index < -0.39 is 17.4 Å². The molecule has 0 unspecified atom stereocenters. The summed E-state index contributed by atoms with van der Waals surface area (Å²) in [7, 11) is 0. The lowest BCUT2D eigenvalue weighted by atomic mass is 9.75. The van der Waals surface area contributed by atoms with Gasteiger partial charge in [-0.25, -0.2) is 4.79 Å². The van der Waals surface area contributed by atoms with Crippen molar-refractivity contribution in [1.29, 1.82) is 0 Å². The summed E-state index contributed by atoms with van der Waals surface area (Å²) in [6, 6.07) is 24.6. The third kappa shape index (κ3) is 4.66. The average molecular weight is 408 g/mol. The number of nitrogens with one attached hydrogen (secondary N) is 1. The topological polar surface area (TPSA) is 66.4 Å². The zero-order valence-corrected chi connectivity index (χ0v) is 16.8. The van der Waals surface area contributed by atoms with Crippen molar-refractivity contribution in [3.63, 3.8) is 0 Å². The molecule has 5 heteroatoms. The molecule has 3 rings (SSSR count). The third-order valence-corrected chi connectivity index (χ3v) is 5.32. The van der Waals surface area contributed by atoms with Crippen molar-refractivity contribution in [3.8, 4) is 0 Å². The number of aliphatic carboxylic acids is 1. The molecule has 0 aliphatic carbocycles. The van der Waals surface area contributed by atoms with Crippen molar-refractivity contribution in [2.75, 3.05) is 0 Å². The molecule has 0 spiro atoms. The maximum atomic E-state index is 13.4. The second kappa shape index (κ2) is 8.93. The van der Waals surface area contributed by atoms with E-state index in [1.807, 2.05) is 67.6 Å². The Morgan fingerprint density at radius 1 is 0.931 bits per heavy atom. The lowest BCUT2D eigenvalue weighted by Crippen LogP contribution is -2.50. The fourth-order valence-corrected chi connectivity index (χ4v) is 3.59. The summed E-state index contributed by atoms with van der Waals surface area (Å²) in [4.78, 5) is 25.3. The van der Waals surface area contributed by atoms with Crippen molar-refractivity contribution < 1.29 is 14.7 Å². The maximum absolute atomic E-state index is 13.4. The Kier molecular flexibility index (Phi) is 6.35. The van der Waals surface area contributed by atoms with Crippen molar-refractivity contribution in [3.05, 3.63) is 107 Å². The van der Waals surface area contributed by atoms with Gasteiger partial charge < -0.3 is 10.4 Å². The smallest absolute Gasteiger partial charge is 0.326 e. The number of carbonyl (C=O) groups excluding carboxylic acids is 1. The Labute approximate surface area is 175 Å². The quantitative estimate of drug-likeness (QED) is 0.607. The Balaban J connectivity index is 1.94. The summed E-state index contributed by atoms with van der Waals surface area (Å²) < 4.78 is 0. The fourth-order valence-electron chi connectivity index (χ4n) is 3.37. The SMILES string of the molecule is CC(C(=O)N[C@@H](Cc1cccc(Cl)c1)C(=O)O)(c1ccccc1)c1ccccc1. The Bertz CT molecular complexity index is 950. The first-order chi connectivity index (χ1) is 13.9. The molecule has 3 aromatic carbocycles. The van der Waals surface area contributed by atoms with E-state index >= 15 is 0 Å². The molecule has 0 aliphatic rings. The van der Waals surface area contributed by atoms with Gasteiger partial charge in [0.25, 0.3) is 0 Å². The number of benzene rings is 3. The minimum absolute atomic E-state index is 0.140. The lowest BCUT2D eigenvalue weighted by Gasteiger charge is -2.31. The van der Waals surface area contributed by atoms with E-state index in [1.54, 1.807) is 24.3 Å². The van der Waals surface area contributed by atoms with Crippen LogP contribution < -0.4 is 5.32 Å². The van der Waals surface area contributed by atoms with Gasteiger partial charge in [0.05, 0.1) is 5.41 Å². The van der Waals surface area contributed by atoms with Gasteiger partial charge in [-0.05, 0) is 35.7 Å². The number of hydrogen-bond donors (Lipinski definition) is 2. The predicted molar refractivity (Wildman–Crippen MR) is 114 cm³/mol. The standard InChI is InChI=1S/C24H22ClNO3/c1-24(18-10-4-2-5-11-18,19-12-6-3-7-13-19)23(29)26-21(22(27)28)16-17-9-8-14-20(25)15-17/h2-15,21H,16H2,1H3,(H,26,29)(H,27,28)/t21-/m0/s1. The third-order valence-electron chi connectivity index (χ3n) is 5.09. The van der Waals surface area contributed by atoms with E-state index in [-0.39, 0.29) is 12.3 Å². The summed E-state index contributed by atoms with van der Waals surface area (Å²) >= 11 is 6.01. The minimum atomic E-state index is -1.10. The van der Waals surface area contributed by atoms with E-state index in [9.17, 15) is 14.7 Å². The van der Waals surface area contributed by atoms with Crippen LogP contribution in [0.2, 0.25) is 5.02 Å². The molecular weight excluding hydrogens is 386 g/mol. The number of halogens is 1. The Morgan fingerprint density at radius 2 is 1.48 bits per heavy atom. The first-order valence-corrected chi connectivity index (χ1v) is 9.68. The highest BCUT2D eigenvalue weighted by Crippen LogP contribution is 2.32. The van der Waals surface area contributed by atoms with E-state index in [2.05, 4.69) is 5.32 Å². The van der Waals surface area contributed by atoms with Gasteiger partial charge in [-0.2, -0.15) is 0 Å². The van der Waals surface area contributed by atoms with Gasteiger partial charge in [0.2, 0.25) is 5.91 Å². The van der Waals surface area contributed by atoms with Gasteiger partial charge in [0.1, 0.15) is 6.04 Å². The van der Waals surface area contributed by atoms with Crippen molar-refractivity contribution >= 4 is 23.5 Å². The highest BCUT2D eigenvalue weighted by Gasteiger charge is 2.38. The first kappa shape index (κ1) is 20.6. The Morgan fingerprint density at radius 3 is 1.97 bits per heavy atom. The normalized spacial score (nSPS) is 12.2. The van der Waals surface area contributed by atoms with Gasteiger partial charge in [0, 0.05) is 11.4 Å². The first-order valence-electron chi connectivity index (χ1n) is 9.30. The number of rotatable bonds is 7. The van der Waals surface area contributed by atoms with E-state index in [0.29, 0.717) is 5.02 Å². The molecule has 2 N–H and O–H groups in total. The maximum Gasteiger partial charge on any atom is 0.326 e.